The van der Waals surface area contributed by atoms with Crippen LogP contribution in [0, 0.1) is 5.92 Å². The van der Waals surface area contributed by atoms with Gasteiger partial charge in [-0.1, -0.05) is 13.8 Å². The Labute approximate surface area is 106 Å². The summed E-state index contributed by atoms with van der Waals surface area (Å²) in [4.78, 5) is 34.1. The molecule has 0 bridgehead atoms. The minimum absolute atomic E-state index is 0.0324. The molecule has 0 heterocycles. The first-order valence-electron chi connectivity index (χ1n) is 5.99. The predicted molar refractivity (Wildman–Crippen MR) is 62.9 cm³/mol. The number of ketones is 1. The van der Waals surface area contributed by atoms with Crippen molar-refractivity contribution in [2.24, 2.45) is 5.92 Å². The highest BCUT2D eigenvalue weighted by atomic mass is 16.5. The number of carbonyl (C=O) groups is 3. The van der Waals surface area contributed by atoms with Crippen LogP contribution >= 0.6 is 0 Å². The lowest BCUT2D eigenvalue weighted by Gasteiger charge is -2.19. The standard InChI is InChI=1S/C12H20O6/c1-4-6-8(13)9(10(14)11(15)16)12(17)18-7(3)5-2/h7,9-10,14H,4-6H2,1-3H3,(H,15,16). The van der Waals surface area contributed by atoms with E-state index in [0.29, 0.717) is 12.8 Å². The van der Waals surface area contributed by atoms with Crippen molar-refractivity contribution in [2.75, 3.05) is 0 Å². The van der Waals surface area contributed by atoms with Gasteiger partial charge in [0.05, 0.1) is 6.10 Å². The molecule has 0 saturated carbocycles. The highest BCUT2D eigenvalue weighted by molar-refractivity contribution is 6.03. The molecule has 0 saturated heterocycles. The Morgan fingerprint density at radius 1 is 1.22 bits per heavy atom. The van der Waals surface area contributed by atoms with E-state index in [1.165, 1.54) is 0 Å². The highest BCUT2D eigenvalue weighted by Gasteiger charge is 2.39. The second kappa shape index (κ2) is 7.81. The number of aliphatic hydroxyl groups is 1. The van der Waals surface area contributed by atoms with Crippen molar-refractivity contribution in [3.05, 3.63) is 0 Å². The van der Waals surface area contributed by atoms with Crippen LogP contribution in [0.1, 0.15) is 40.0 Å². The van der Waals surface area contributed by atoms with Gasteiger partial charge in [-0.25, -0.2) is 4.79 Å². The molecule has 0 aromatic rings. The molecule has 3 unspecified atom stereocenters. The fourth-order valence-corrected chi connectivity index (χ4v) is 1.34. The van der Waals surface area contributed by atoms with E-state index < -0.39 is 35.8 Å². The van der Waals surface area contributed by atoms with Crippen molar-refractivity contribution in [1.82, 2.24) is 0 Å². The molecule has 0 aliphatic carbocycles. The van der Waals surface area contributed by atoms with Crippen molar-refractivity contribution in [3.8, 4) is 0 Å². The summed E-state index contributed by atoms with van der Waals surface area (Å²) in [5.41, 5.74) is 0. The topological polar surface area (TPSA) is 101 Å². The fraction of sp³-hybridized carbons (Fsp3) is 0.750. The largest absolute Gasteiger partial charge is 0.479 e. The summed E-state index contributed by atoms with van der Waals surface area (Å²) in [7, 11) is 0. The van der Waals surface area contributed by atoms with Gasteiger partial charge in [-0.05, 0) is 19.8 Å². The molecule has 3 atom stereocenters. The van der Waals surface area contributed by atoms with Crippen LogP contribution in [-0.2, 0) is 19.1 Å². The molecular weight excluding hydrogens is 240 g/mol. The molecule has 6 heteroatoms. The lowest BCUT2D eigenvalue weighted by Crippen LogP contribution is -2.42. The maximum Gasteiger partial charge on any atom is 0.333 e. The van der Waals surface area contributed by atoms with E-state index in [-0.39, 0.29) is 6.42 Å². The number of rotatable bonds is 8. The molecule has 0 amide bonds. The van der Waals surface area contributed by atoms with Crippen LogP contribution < -0.4 is 0 Å². The van der Waals surface area contributed by atoms with Crippen LogP contribution in [-0.4, -0.2) is 40.1 Å². The van der Waals surface area contributed by atoms with Gasteiger partial charge < -0.3 is 14.9 Å². The first kappa shape index (κ1) is 16.6. The van der Waals surface area contributed by atoms with E-state index in [4.69, 9.17) is 9.84 Å². The van der Waals surface area contributed by atoms with Gasteiger partial charge in [-0.2, -0.15) is 0 Å². The smallest absolute Gasteiger partial charge is 0.333 e. The summed E-state index contributed by atoms with van der Waals surface area (Å²) in [6.45, 7) is 5.14. The Balaban J connectivity index is 4.91. The molecule has 0 radical (unpaired) electrons. The van der Waals surface area contributed by atoms with E-state index in [2.05, 4.69) is 0 Å². The Morgan fingerprint density at radius 3 is 2.17 bits per heavy atom. The van der Waals surface area contributed by atoms with Crippen molar-refractivity contribution < 1.29 is 29.3 Å². The SMILES string of the molecule is CCCC(=O)C(C(=O)OC(C)CC)C(O)C(=O)O. The zero-order valence-corrected chi connectivity index (χ0v) is 10.9. The molecule has 0 aliphatic rings. The first-order chi connectivity index (χ1) is 8.34. The molecule has 0 aromatic carbocycles. The molecule has 6 nitrogen and oxygen atoms in total. The number of carboxylic acids is 1. The predicted octanol–water partition coefficient (Wildman–Crippen LogP) is 0.759. The van der Waals surface area contributed by atoms with Crippen molar-refractivity contribution in [3.63, 3.8) is 0 Å². The average Bonchev–Trinajstić information content (AvgIpc) is 2.29. The second-order valence-electron chi connectivity index (χ2n) is 4.13. The number of carbonyl (C=O) groups excluding carboxylic acids is 2. The maximum absolute atomic E-state index is 11.7. The summed E-state index contributed by atoms with van der Waals surface area (Å²) in [5.74, 6) is -4.83. The Bertz CT molecular complexity index is 312. The van der Waals surface area contributed by atoms with Gasteiger partial charge in [0.2, 0.25) is 0 Å². The Hall–Kier alpha value is -1.43. The first-order valence-corrected chi connectivity index (χ1v) is 5.99. The number of hydrogen-bond acceptors (Lipinski definition) is 5. The monoisotopic (exact) mass is 260 g/mol. The van der Waals surface area contributed by atoms with Crippen molar-refractivity contribution in [1.29, 1.82) is 0 Å². The number of aliphatic hydroxyl groups excluding tert-OH is 1. The molecule has 0 spiro atoms. The fourth-order valence-electron chi connectivity index (χ4n) is 1.34. The van der Waals surface area contributed by atoms with E-state index in [9.17, 15) is 19.5 Å². The molecule has 2 N–H and O–H groups in total. The van der Waals surface area contributed by atoms with Crippen molar-refractivity contribution in [2.45, 2.75) is 52.2 Å². The second-order valence-corrected chi connectivity index (χ2v) is 4.13. The number of esters is 1. The zero-order chi connectivity index (χ0) is 14.3. The number of hydrogen-bond donors (Lipinski definition) is 2. The summed E-state index contributed by atoms with van der Waals surface area (Å²) >= 11 is 0. The lowest BCUT2D eigenvalue weighted by atomic mass is 9.94. The van der Waals surface area contributed by atoms with E-state index >= 15 is 0 Å². The van der Waals surface area contributed by atoms with Crippen LogP contribution in [0.2, 0.25) is 0 Å². The lowest BCUT2D eigenvalue weighted by molar-refractivity contribution is -0.168. The third-order valence-electron chi connectivity index (χ3n) is 2.56. The summed E-state index contributed by atoms with van der Waals surface area (Å²) in [6.07, 6.45) is -1.43. The number of carboxylic acid groups (broad SMARTS) is 1. The summed E-state index contributed by atoms with van der Waals surface area (Å²) in [5, 5.41) is 18.1. The number of Topliss-reactive ketones (excluding diaryl/α,β-unsaturated/α-hetero) is 1. The third-order valence-corrected chi connectivity index (χ3v) is 2.56. The van der Waals surface area contributed by atoms with Crippen LogP contribution in [0.3, 0.4) is 0 Å². The van der Waals surface area contributed by atoms with Crippen LogP contribution in [0.5, 0.6) is 0 Å². The Kier molecular flexibility index (Phi) is 7.19. The minimum Gasteiger partial charge on any atom is -0.479 e. The minimum atomic E-state index is -2.05. The summed E-state index contributed by atoms with van der Waals surface area (Å²) in [6, 6.07) is 0. The summed E-state index contributed by atoms with van der Waals surface area (Å²) < 4.78 is 4.92. The zero-order valence-electron chi connectivity index (χ0n) is 10.9. The van der Waals surface area contributed by atoms with Crippen LogP contribution in [0.4, 0.5) is 0 Å². The molecule has 0 fully saturated rings. The number of aliphatic carboxylic acids is 1. The quantitative estimate of drug-likeness (QED) is 0.493. The van der Waals surface area contributed by atoms with Gasteiger partial charge in [0.15, 0.2) is 12.0 Å². The molecule has 0 aromatic heterocycles. The van der Waals surface area contributed by atoms with Crippen molar-refractivity contribution >= 4 is 17.7 Å². The molecule has 0 aliphatic heterocycles. The molecule has 104 valence electrons. The van der Waals surface area contributed by atoms with E-state index in [1.807, 2.05) is 0 Å². The maximum atomic E-state index is 11.7. The Morgan fingerprint density at radius 2 is 1.78 bits per heavy atom. The molecule has 0 rings (SSSR count). The van der Waals surface area contributed by atoms with Gasteiger partial charge >= 0.3 is 11.9 Å². The van der Waals surface area contributed by atoms with Crippen LogP contribution in [0.25, 0.3) is 0 Å². The molecular formula is C12H20O6. The van der Waals surface area contributed by atoms with Gasteiger partial charge in [0.1, 0.15) is 5.78 Å². The van der Waals surface area contributed by atoms with E-state index in [0.717, 1.165) is 0 Å². The van der Waals surface area contributed by atoms with Gasteiger partial charge in [0, 0.05) is 6.42 Å². The molecule has 18 heavy (non-hydrogen) atoms. The van der Waals surface area contributed by atoms with Crippen LogP contribution in [0.15, 0.2) is 0 Å². The van der Waals surface area contributed by atoms with Gasteiger partial charge in [0.25, 0.3) is 0 Å². The van der Waals surface area contributed by atoms with E-state index in [1.54, 1.807) is 20.8 Å². The normalized spacial score (nSPS) is 15.6. The van der Waals surface area contributed by atoms with Gasteiger partial charge in [-0.3, -0.25) is 9.59 Å². The van der Waals surface area contributed by atoms with Gasteiger partial charge in [-0.15, -0.1) is 0 Å². The average molecular weight is 260 g/mol. The third kappa shape index (κ3) is 4.83. The highest BCUT2D eigenvalue weighted by Crippen LogP contribution is 2.14. The number of ether oxygens (including phenoxy) is 1.